The summed E-state index contributed by atoms with van der Waals surface area (Å²) in [7, 11) is 0. The summed E-state index contributed by atoms with van der Waals surface area (Å²) in [6.45, 7) is 0.835. The molecule has 1 saturated heterocycles. The molecule has 2 heterocycles. The van der Waals surface area contributed by atoms with Gasteiger partial charge in [0.05, 0.1) is 17.4 Å². The molecule has 1 unspecified atom stereocenters. The number of carbonyl (C=O) groups is 2. The average Bonchev–Trinajstić information content (AvgIpc) is 3.20. The molecule has 0 radical (unpaired) electrons. The second-order valence-corrected chi connectivity index (χ2v) is 6.29. The molecule has 0 bridgehead atoms. The summed E-state index contributed by atoms with van der Waals surface area (Å²) in [6, 6.07) is 9.77. The van der Waals surface area contributed by atoms with Crippen LogP contribution >= 0.6 is 11.6 Å². The normalized spacial score (nSPS) is 16.0. The maximum atomic E-state index is 12.0. The lowest BCUT2D eigenvalue weighted by atomic mass is 10.2. The van der Waals surface area contributed by atoms with Crippen LogP contribution in [0, 0.1) is 0 Å². The quantitative estimate of drug-likeness (QED) is 0.577. The summed E-state index contributed by atoms with van der Waals surface area (Å²) in [5.74, 6) is -0.464. The highest BCUT2D eigenvalue weighted by Crippen LogP contribution is 2.18. The second kappa shape index (κ2) is 9.34. The monoisotopic (exact) mass is 390 g/mol. The van der Waals surface area contributed by atoms with Crippen molar-refractivity contribution in [2.24, 2.45) is 0 Å². The molecule has 1 aliphatic heterocycles. The van der Waals surface area contributed by atoms with Crippen molar-refractivity contribution < 1.29 is 23.8 Å². The van der Waals surface area contributed by atoms with Crippen LogP contribution in [0.2, 0.25) is 5.15 Å². The molecule has 0 aliphatic carbocycles. The summed E-state index contributed by atoms with van der Waals surface area (Å²) in [5, 5.41) is 2.69. The van der Waals surface area contributed by atoms with E-state index in [1.165, 1.54) is 6.20 Å². The first kappa shape index (κ1) is 19.1. The number of amides is 1. The molecule has 142 valence electrons. The number of nitrogens with zero attached hydrogens (tertiary/aromatic N) is 1. The number of aromatic nitrogens is 1. The van der Waals surface area contributed by atoms with Crippen molar-refractivity contribution in [3.05, 3.63) is 53.3 Å². The van der Waals surface area contributed by atoms with E-state index in [0.717, 1.165) is 19.4 Å². The van der Waals surface area contributed by atoms with Gasteiger partial charge in [-0.25, -0.2) is 9.78 Å². The topological polar surface area (TPSA) is 86.8 Å². The van der Waals surface area contributed by atoms with Crippen molar-refractivity contribution >= 4 is 29.2 Å². The second-order valence-electron chi connectivity index (χ2n) is 5.94. The Hall–Kier alpha value is -2.64. The number of carbonyl (C=O) groups excluding carboxylic acids is 2. The first-order chi connectivity index (χ1) is 13.1. The molecular formula is C19H19ClN2O5. The summed E-state index contributed by atoms with van der Waals surface area (Å²) < 4.78 is 16.1. The number of anilines is 1. The van der Waals surface area contributed by atoms with Gasteiger partial charge in [0.2, 0.25) is 0 Å². The van der Waals surface area contributed by atoms with Gasteiger partial charge in [-0.1, -0.05) is 11.6 Å². The van der Waals surface area contributed by atoms with Crippen molar-refractivity contribution in [1.29, 1.82) is 0 Å². The first-order valence-electron chi connectivity index (χ1n) is 8.54. The fourth-order valence-corrected chi connectivity index (χ4v) is 2.70. The van der Waals surface area contributed by atoms with Gasteiger partial charge in [0.1, 0.15) is 12.4 Å². The molecule has 1 N–H and O–H groups in total. The molecule has 1 amide bonds. The van der Waals surface area contributed by atoms with Crippen molar-refractivity contribution in [1.82, 2.24) is 4.98 Å². The number of halogens is 1. The Morgan fingerprint density at radius 2 is 2.07 bits per heavy atom. The Kier molecular flexibility index (Phi) is 6.62. The maximum absolute atomic E-state index is 12.0. The van der Waals surface area contributed by atoms with E-state index in [-0.39, 0.29) is 11.3 Å². The fourth-order valence-electron chi connectivity index (χ4n) is 2.53. The molecule has 27 heavy (non-hydrogen) atoms. The van der Waals surface area contributed by atoms with Crippen LogP contribution in [0.5, 0.6) is 5.75 Å². The molecule has 7 nitrogen and oxygen atoms in total. The number of nitrogens with one attached hydrogen (secondary N) is 1. The Morgan fingerprint density at radius 1 is 1.26 bits per heavy atom. The number of ether oxygens (including phenoxy) is 3. The average molecular weight is 391 g/mol. The number of rotatable bonds is 7. The maximum Gasteiger partial charge on any atom is 0.338 e. The first-order valence-corrected chi connectivity index (χ1v) is 8.91. The van der Waals surface area contributed by atoms with Crippen molar-refractivity contribution in [3.63, 3.8) is 0 Å². The van der Waals surface area contributed by atoms with Crippen molar-refractivity contribution in [3.8, 4) is 5.75 Å². The van der Waals surface area contributed by atoms with Crippen LogP contribution in [0.1, 0.15) is 23.2 Å². The SMILES string of the molecule is O=C(COC(=O)c1ccc(OCC2CCCO2)cc1)Nc1cccnc1Cl. The minimum atomic E-state index is -0.604. The third-order valence-electron chi connectivity index (χ3n) is 3.92. The fraction of sp³-hybridized carbons (Fsp3) is 0.316. The van der Waals surface area contributed by atoms with Gasteiger partial charge in [-0.2, -0.15) is 0 Å². The van der Waals surface area contributed by atoms with E-state index >= 15 is 0 Å². The van der Waals surface area contributed by atoms with Gasteiger partial charge in [-0.05, 0) is 49.2 Å². The third kappa shape index (κ3) is 5.67. The minimum absolute atomic E-state index is 0.126. The minimum Gasteiger partial charge on any atom is -0.491 e. The molecular weight excluding hydrogens is 372 g/mol. The van der Waals surface area contributed by atoms with Crippen LogP contribution in [-0.2, 0) is 14.3 Å². The zero-order valence-electron chi connectivity index (χ0n) is 14.5. The van der Waals surface area contributed by atoms with E-state index in [0.29, 0.717) is 23.6 Å². The molecule has 0 saturated carbocycles. The van der Waals surface area contributed by atoms with E-state index < -0.39 is 18.5 Å². The Balaban J connectivity index is 1.44. The van der Waals surface area contributed by atoms with Crippen LogP contribution < -0.4 is 10.1 Å². The van der Waals surface area contributed by atoms with Crippen LogP contribution in [0.25, 0.3) is 0 Å². The molecule has 1 aromatic heterocycles. The molecule has 1 atom stereocenters. The highest BCUT2D eigenvalue weighted by Gasteiger charge is 2.16. The molecule has 0 spiro atoms. The summed E-state index contributed by atoms with van der Waals surface area (Å²) in [6.07, 6.45) is 3.68. The standard InChI is InChI=1S/C19H19ClN2O5/c20-18-16(4-1-9-21-18)22-17(23)12-27-19(24)13-5-7-14(8-6-13)26-11-15-3-2-10-25-15/h1,4-9,15H,2-3,10-12H2,(H,22,23). The lowest BCUT2D eigenvalue weighted by Gasteiger charge is -2.11. The lowest BCUT2D eigenvalue weighted by molar-refractivity contribution is -0.119. The van der Waals surface area contributed by atoms with Crippen LogP contribution in [0.15, 0.2) is 42.6 Å². The van der Waals surface area contributed by atoms with Crippen molar-refractivity contribution in [2.75, 3.05) is 25.1 Å². The van der Waals surface area contributed by atoms with Crippen LogP contribution in [0.3, 0.4) is 0 Å². The molecule has 3 rings (SSSR count). The highest BCUT2D eigenvalue weighted by molar-refractivity contribution is 6.32. The Bertz CT molecular complexity index is 791. The van der Waals surface area contributed by atoms with Gasteiger partial charge in [0.15, 0.2) is 11.8 Å². The van der Waals surface area contributed by atoms with E-state index in [1.54, 1.807) is 36.4 Å². The Morgan fingerprint density at radius 3 is 2.78 bits per heavy atom. The van der Waals surface area contributed by atoms with E-state index in [1.807, 2.05) is 0 Å². The zero-order valence-corrected chi connectivity index (χ0v) is 15.3. The number of esters is 1. The third-order valence-corrected chi connectivity index (χ3v) is 4.22. The largest absolute Gasteiger partial charge is 0.491 e. The van der Waals surface area contributed by atoms with Gasteiger partial charge < -0.3 is 19.5 Å². The highest BCUT2D eigenvalue weighted by atomic mass is 35.5. The summed E-state index contributed by atoms with van der Waals surface area (Å²) in [5.41, 5.74) is 0.680. The molecule has 1 aliphatic rings. The Labute approximate surface area is 161 Å². The lowest BCUT2D eigenvalue weighted by Crippen LogP contribution is -2.21. The molecule has 1 fully saturated rings. The zero-order chi connectivity index (χ0) is 19.1. The predicted molar refractivity (Wildman–Crippen MR) is 99.1 cm³/mol. The van der Waals surface area contributed by atoms with Gasteiger partial charge in [0, 0.05) is 12.8 Å². The van der Waals surface area contributed by atoms with Gasteiger partial charge in [-0.15, -0.1) is 0 Å². The summed E-state index contributed by atoms with van der Waals surface area (Å²) in [4.78, 5) is 27.8. The molecule has 8 heteroatoms. The summed E-state index contributed by atoms with van der Waals surface area (Å²) >= 11 is 5.86. The smallest absolute Gasteiger partial charge is 0.338 e. The number of pyridine rings is 1. The van der Waals surface area contributed by atoms with E-state index in [4.69, 9.17) is 25.8 Å². The number of hydrogen-bond acceptors (Lipinski definition) is 6. The number of benzene rings is 1. The molecule has 2 aromatic rings. The van der Waals surface area contributed by atoms with E-state index in [9.17, 15) is 9.59 Å². The predicted octanol–water partition coefficient (Wildman–Crippen LogP) is 3.09. The van der Waals surface area contributed by atoms with Crippen LogP contribution in [-0.4, -0.2) is 42.8 Å². The van der Waals surface area contributed by atoms with Gasteiger partial charge in [-0.3, -0.25) is 4.79 Å². The van der Waals surface area contributed by atoms with Crippen LogP contribution in [0.4, 0.5) is 5.69 Å². The molecule has 1 aromatic carbocycles. The van der Waals surface area contributed by atoms with Crippen molar-refractivity contribution in [2.45, 2.75) is 18.9 Å². The number of hydrogen-bond donors (Lipinski definition) is 1. The van der Waals surface area contributed by atoms with Gasteiger partial charge >= 0.3 is 5.97 Å². The van der Waals surface area contributed by atoms with Gasteiger partial charge in [0.25, 0.3) is 5.91 Å². The van der Waals surface area contributed by atoms with E-state index in [2.05, 4.69) is 10.3 Å².